The number of phenols is 2. The number of aliphatic hydroxyl groups excluding tert-OH is 1. The molecule has 0 bridgehead atoms. The van der Waals surface area contributed by atoms with Gasteiger partial charge in [0.2, 0.25) is 5.69 Å². The number of carbonyl (C=O) groups is 2. The molecule has 9 nitrogen and oxygen atoms in total. The van der Waals surface area contributed by atoms with Crippen molar-refractivity contribution in [2.75, 3.05) is 0 Å². The van der Waals surface area contributed by atoms with Gasteiger partial charge in [0.15, 0.2) is 5.78 Å². The molecule has 0 amide bonds. The van der Waals surface area contributed by atoms with Crippen LogP contribution in [0.15, 0.2) is 66.4 Å². The number of carbonyl (C=O) groups excluding carboxylic acids is 1. The van der Waals surface area contributed by atoms with Crippen molar-refractivity contribution < 1.29 is 35.1 Å². The van der Waals surface area contributed by atoms with Crippen LogP contribution >= 0.6 is 0 Å². The third kappa shape index (κ3) is 4.88. The number of phenolic OH excluding ortho intramolecular Hbond substituents is 2. The number of Topliss-reactive ketones (excluding diaryl/α,β-unsaturated/α-hetero) is 1. The summed E-state index contributed by atoms with van der Waals surface area (Å²) in [5.41, 5.74) is 5.03. The minimum Gasteiger partial charge on any atom is -0.519 e. The summed E-state index contributed by atoms with van der Waals surface area (Å²) >= 11 is 0. The van der Waals surface area contributed by atoms with Gasteiger partial charge in [0.05, 0.1) is 36.2 Å². The highest BCUT2D eigenvalue weighted by atomic mass is 16.4. The second-order valence-electron chi connectivity index (χ2n) is 9.80. The maximum atomic E-state index is 13.4. The van der Waals surface area contributed by atoms with Gasteiger partial charge in [-0.1, -0.05) is 42.5 Å². The second kappa shape index (κ2) is 11.1. The van der Waals surface area contributed by atoms with Crippen LogP contribution < -0.4 is 0 Å². The molecule has 0 aliphatic heterocycles. The fourth-order valence-electron chi connectivity index (χ4n) is 5.14. The first-order valence-corrected chi connectivity index (χ1v) is 12.8. The van der Waals surface area contributed by atoms with Gasteiger partial charge in [-0.05, 0) is 54.0 Å². The van der Waals surface area contributed by atoms with Crippen molar-refractivity contribution in [3.8, 4) is 17.2 Å². The zero-order valence-corrected chi connectivity index (χ0v) is 22.2. The molecule has 1 heterocycles. The molecule has 42 heavy (non-hydrogen) atoms. The number of aliphatic hydroxyl groups is 1. The molecule has 5 rings (SSSR count). The molecule has 1 aromatic heterocycles. The topological polar surface area (TPSA) is 153 Å². The Kier molecular flexibility index (Phi) is 7.34. The molecule has 0 spiro atoms. The zero-order valence-electron chi connectivity index (χ0n) is 22.2. The number of pyridine rings is 1. The van der Waals surface area contributed by atoms with Crippen molar-refractivity contribution >= 4 is 40.5 Å². The molecule has 9 heteroatoms. The summed E-state index contributed by atoms with van der Waals surface area (Å²) in [6.07, 6.45) is 4.40. The fourth-order valence-corrected chi connectivity index (χ4v) is 5.14. The number of fused-ring (bicyclic) bond motifs is 2. The lowest BCUT2D eigenvalue weighted by molar-refractivity contribution is -0.136. The minimum atomic E-state index is -1.27. The summed E-state index contributed by atoms with van der Waals surface area (Å²) in [5, 5.41) is 52.2. The fraction of sp³-hybridized carbons (Fsp3) is 0.121. The predicted molar refractivity (Wildman–Crippen MR) is 156 cm³/mol. The third-order valence-electron chi connectivity index (χ3n) is 7.25. The first kappa shape index (κ1) is 27.9. The summed E-state index contributed by atoms with van der Waals surface area (Å²) in [5.74, 6) is -3.84. The Morgan fingerprint density at radius 1 is 1.12 bits per heavy atom. The van der Waals surface area contributed by atoms with Crippen molar-refractivity contribution in [3.63, 3.8) is 0 Å². The lowest BCUT2D eigenvalue weighted by atomic mass is 9.96. The Bertz CT molecular complexity index is 1930. The van der Waals surface area contributed by atoms with Gasteiger partial charge in [0.25, 0.3) is 0 Å². The number of carboxylic acids is 1. The van der Waals surface area contributed by atoms with Crippen molar-refractivity contribution in [1.29, 1.82) is 0 Å². The second-order valence-corrected chi connectivity index (χ2v) is 9.80. The quantitative estimate of drug-likeness (QED) is 0.114. The summed E-state index contributed by atoms with van der Waals surface area (Å²) in [4.78, 5) is 32.3. The first-order chi connectivity index (χ1) is 20.1. The van der Waals surface area contributed by atoms with E-state index in [0.29, 0.717) is 27.6 Å². The number of aromatic nitrogens is 1. The molecule has 0 saturated carbocycles. The van der Waals surface area contributed by atoms with Crippen molar-refractivity contribution in [3.05, 3.63) is 117 Å². The van der Waals surface area contributed by atoms with E-state index in [-0.39, 0.29) is 39.6 Å². The Balaban J connectivity index is 1.41. The van der Waals surface area contributed by atoms with Gasteiger partial charge in [0.1, 0.15) is 17.2 Å². The van der Waals surface area contributed by atoms with Crippen molar-refractivity contribution in [1.82, 2.24) is 4.98 Å². The number of allylic oxidation sites excluding steroid dienone is 2. The van der Waals surface area contributed by atoms with Gasteiger partial charge in [-0.15, -0.1) is 5.73 Å². The van der Waals surface area contributed by atoms with Gasteiger partial charge >= 0.3 is 5.97 Å². The first-order valence-electron chi connectivity index (χ1n) is 12.8. The standard InChI is InChI=1S/C33H24N2O7/c1-17-20(30(39)23(16-26(37)38)33(42)28(17)34-2)10-5-3-4-8-18-12-13-21-22(14-18)32(41)27(31(21)40)29-25(36)15-19-9-6-7-11-24(19)35-29/h3-4,6-15,27,31,36,39-40,42H,16H2,1H3,(H,37,38)/b8-4+. The third-order valence-corrected chi connectivity index (χ3v) is 7.25. The Labute approximate surface area is 240 Å². The highest BCUT2D eigenvalue weighted by Gasteiger charge is 2.42. The Morgan fingerprint density at radius 2 is 1.88 bits per heavy atom. The number of ketones is 1. The maximum absolute atomic E-state index is 13.4. The number of aliphatic carboxylic acids is 1. The Hall–Kier alpha value is -5.68. The number of para-hydroxylation sites is 1. The molecule has 2 atom stereocenters. The van der Waals surface area contributed by atoms with E-state index in [2.05, 4.69) is 15.6 Å². The molecule has 208 valence electrons. The molecule has 1 aliphatic carbocycles. The van der Waals surface area contributed by atoms with E-state index in [1.54, 1.807) is 48.6 Å². The van der Waals surface area contributed by atoms with Crippen LogP contribution in [-0.4, -0.2) is 42.3 Å². The number of hydrogen-bond donors (Lipinski definition) is 5. The van der Waals surface area contributed by atoms with Crippen LogP contribution in [0.4, 0.5) is 5.69 Å². The van der Waals surface area contributed by atoms with Crippen LogP contribution in [0.5, 0.6) is 17.2 Å². The predicted octanol–water partition coefficient (Wildman–Crippen LogP) is 5.73. The molecule has 0 saturated heterocycles. The number of hydrogen-bond acceptors (Lipinski definition) is 7. The van der Waals surface area contributed by atoms with Crippen LogP contribution in [0, 0.1) is 13.5 Å². The SMILES string of the molecule is [C-]#[N+]c1c(C)c(C=C=C/C=C/c2ccc3c(c2)C(=O)C(c2nc4ccccc4cc2O)C3O)c(O)c(CC(=O)O)c1O. The smallest absolute Gasteiger partial charge is 0.308 e. The maximum Gasteiger partial charge on any atom is 0.308 e. The van der Waals surface area contributed by atoms with E-state index in [1.165, 1.54) is 25.1 Å². The number of carboxylic acid groups (broad SMARTS) is 1. The van der Waals surface area contributed by atoms with Crippen molar-refractivity contribution in [2.24, 2.45) is 0 Å². The zero-order chi connectivity index (χ0) is 30.1. The van der Waals surface area contributed by atoms with E-state index in [9.17, 15) is 30.0 Å². The van der Waals surface area contributed by atoms with E-state index in [0.717, 1.165) is 0 Å². The largest absolute Gasteiger partial charge is 0.519 e. The van der Waals surface area contributed by atoms with Gasteiger partial charge in [0, 0.05) is 22.1 Å². The number of aromatic hydroxyl groups is 3. The molecule has 4 aromatic rings. The molecule has 1 aliphatic rings. The van der Waals surface area contributed by atoms with Crippen LogP contribution in [0.1, 0.15) is 55.9 Å². The van der Waals surface area contributed by atoms with Gasteiger partial charge in [-0.25, -0.2) is 9.83 Å². The van der Waals surface area contributed by atoms with Crippen LogP contribution in [0.3, 0.4) is 0 Å². The molecule has 0 fully saturated rings. The number of nitrogens with zero attached hydrogens (tertiary/aromatic N) is 2. The van der Waals surface area contributed by atoms with Gasteiger partial charge < -0.3 is 25.5 Å². The summed E-state index contributed by atoms with van der Waals surface area (Å²) in [7, 11) is 0. The van der Waals surface area contributed by atoms with E-state index in [1.807, 2.05) is 6.07 Å². The highest BCUT2D eigenvalue weighted by molar-refractivity contribution is 6.06. The van der Waals surface area contributed by atoms with Crippen molar-refractivity contribution in [2.45, 2.75) is 25.4 Å². The van der Waals surface area contributed by atoms with E-state index < -0.39 is 35.9 Å². The molecular formula is C33H24N2O7. The highest BCUT2D eigenvalue weighted by Crippen LogP contribution is 2.45. The summed E-state index contributed by atoms with van der Waals surface area (Å²) in [6.45, 7) is 8.85. The van der Waals surface area contributed by atoms with Gasteiger partial charge in [-0.3, -0.25) is 9.59 Å². The monoisotopic (exact) mass is 560 g/mol. The molecule has 0 radical (unpaired) electrons. The van der Waals surface area contributed by atoms with Gasteiger partial charge in [-0.2, -0.15) is 0 Å². The molecule has 3 aromatic carbocycles. The van der Waals surface area contributed by atoms with E-state index >= 15 is 0 Å². The van der Waals surface area contributed by atoms with Crippen LogP contribution in [-0.2, 0) is 11.2 Å². The molecule has 5 N–H and O–H groups in total. The molecule has 2 unspecified atom stereocenters. The number of rotatable bonds is 6. The average molecular weight is 561 g/mol. The average Bonchev–Trinajstić information content (AvgIpc) is 3.21. The molecular weight excluding hydrogens is 536 g/mol. The normalized spacial score (nSPS) is 15.8. The summed E-state index contributed by atoms with van der Waals surface area (Å²) in [6, 6.07) is 13.7. The van der Waals surface area contributed by atoms with E-state index in [4.69, 9.17) is 11.7 Å². The number of benzene rings is 3. The lowest BCUT2D eigenvalue weighted by Crippen LogP contribution is -2.13. The van der Waals surface area contributed by atoms with Crippen LogP contribution in [0.25, 0.3) is 27.9 Å². The summed E-state index contributed by atoms with van der Waals surface area (Å²) < 4.78 is 0. The minimum absolute atomic E-state index is 0.119. The van der Waals surface area contributed by atoms with Crippen LogP contribution in [0.2, 0.25) is 0 Å². The lowest BCUT2D eigenvalue weighted by Gasteiger charge is -2.15. The Morgan fingerprint density at radius 3 is 2.62 bits per heavy atom.